The standard InChI is InChI=1S/C21H23N5O4S/c27-20(8-12-31(28,29)17-6-2-1-3-7-17)26-11-4-5-16(15-26)13-19-24-21(25-30-19)18-14-22-9-10-23-18/h1-3,6-7,9-10,14,16H,4-5,8,11-13,15H2. The van der Waals surface area contributed by atoms with E-state index in [-0.39, 0.29) is 28.9 Å². The Balaban J connectivity index is 1.32. The van der Waals surface area contributed by atoms with Crippen LogP contribution in [-0.4, -0.2) is 58.2 Å². The van der Waals surface area contributed by atoms with Crippen molar-refractivity contribution >= 4 is 15.7 Å². The van der Waals surface area contributed by atoms with Gasteiger partial charge in [0.25, 0.3) is 0 Å². The highest BCUT2D eigenvalue weighted by Gasteiger charge is 2.27. The highest BCUT2D eigenvalue weighted by Crippen LogP contribution is 2.22. The highest BCUT2D eigenvalue weighted by atomic mass is 32.2. The van der Waals surface area contributed by atoms with Crippen molar-refractivity contribution in [2.75, 3.05) is 18.8 Å². The first-order valence-corrected chi connectivity index (χ1v) is 11.8. The van der Waals surface area contributed by atoms with E-state index in [2.05, 4.69) is 20.1 Å². The van der Waals surface area contributed by atoms with Crippen LogP contribution in [-0.2, 0) is 21.1 Å². The molecule has 3 heterocycles. The van der Waals surface area contributed by atoms with Crippen LogP contribution in [0.3, 0.4) is 0 Å². The van der Waals surface area contributed by atoms with Gasteiger partial charge in [0.05, 0.1) is 16.8 Å². The summed E-state index contributed by atoms with van der Waals surface area (Å²) < 4.78 is 30.2. The van der Waals surface area contributed by atoms with Crippen molar-refractivity contribution in [3.63, 3.8) is 0 Å². The van der Waals surface area contributed by atoms with Gasteiger partial charge in [-0.2, -0.15) is 4.98 Å². The zero-order valence-electron chi connectivity index (χ0n) is 16.9. The third kappa shape index (κ3) is 5.32. The van der Waals surface area contributed by atoms with Crippen LogP contribution in [0.15, 0.2) is 58.3 Å². The van der Waals surface area contributed by atoms with Crippen molar-refractivity contribution < 1.29 is 17.7 Å². The second-order valence-electron chi connectivity index (χ2n) is 7.54. The Hall–Kier alpha value is -3.14. The number of carbonyl (C=O) groups excluding carboxylic acids is 1. The topological polar surface area (TPSA) is 119 Å². The second-order valence-corrected chi connectivity index (χ2v) is 9.65. The number of rotatable bonds is 7. The first kappa shape index (κ1) is 21.1. The molecule has 9 nitrogen and oxygen atoms in total. The number of hydrogen-bond donors (Lipinski definition) is 0. The summed E-state index contributed by atoms with van der Waals surface area (Å²) in [7, 11) is -3.47. The Morgan fingerprint density at radius 1 is 1.19 bits per heavy atom. The van der Waals surface area contributed by atoms with Crippen molar-refractivity contribution in [3.05, 3.63) is 54.8 Å². The number of benzene rings is 1. The Morgan fingerprint density at radius 3 is 2.81 bits per heavy atom. The monoisotopic (exact) mass is 441 g/mol. The predicted molar refractivity (Wildman–Crippen MR) is 111 cm³/mol. The van der Waals surface area contributed by atoms with Crippen LogP contribution < -0.4 is 0 Å². The zero-order valence-corrected chi connectivity index (χ0v) is 17.7. The second kappa shape index (κ2) is 9.34. The van der Waals surface area contributed by atoms with Gasteiger partial charge in [-0.1, -0.05) is 23.4 Å². The van der Waals surface area contributed by atoms with Crippen LogP contribution in [0.5, 0.6) is 0 Å². The van der Waals surface area contributed by atoms with Crippen molar-refractivity contribution in [2.24, 2.45) is 5.92 Å². The Kier molecular flexibility index (Phi) is 6.36. The maximum atomic E-state index is 12.7. The van der Waals surface area contributed by atoms with Crippen LogP contribution in [0.25, 0.3) is 11.5 Å². The third-order valence-corrected chi connectivity index (χ3v) is 7.01. The number of aromatic nitrogens is 4. The lowest BCUT2D eigenvalue weighted by atomic mass is 9.94. The molecule has 0 spiro atoms. The number of hydrogen-bond acceptors (Lipinski definition) is 8. The first-order chi connectivity index (χ1) is 15.0. The van der Waals surface area contributed by atoms with Gasteiger partial charge >= 0.3 is 0 Å². The van der Waals surface area contributed by atoms with Gasteiger partial charge < -0.3 is 9.42 Å². The highest BCUT2D eigenvalue weighted by molar-refractivity contribution is 7.91. The average Bonchev–Trinajstić information content (AvgIpc) is 3.27. The summed E-state index contributed by atoms with van der Waals surface area (Å²) in [5, 5.41) is 3.96. The lowest BCUT2D eigenvalue weighted by Crippen LogP contribution is -2.41. The summed E-state index contributed by atoms with van der Waals surface area (Å²) in [6.45, 7) is 1.18. The van der Waals surface area contributed by atoms with Gasteiger partial charge in [-0.05, 0) is 30.9 Å². The summed E-state index contributed by atoms with van der Waals surface area (Å²) in [5.74, 6) is 0.723. The smallest absolute Gasteiger partial charge is 0.227 e. The minimum atomic E-state index is -3.47. The van der Waals surface area contributed by atoms with E-state index in [1.807, 2.05) is 0 Å². The number of nitrogens with zero attached hydrogens (tertiary/aromatic N) is 5. The summed E-state index contributed by atoms with van der Waals surface area (Å²) in [6.07, 6.45) is 7.03. The van der Waals surface area contributed by atoms with E-state index in [0.29, 0.717) is 36.9 Å². The van der Waals surface area contributed by atoms with Crippen LogP contribution in [0.1, 0.15) is 25.2 Å². The molecule has 31 heavy (non-hydrogen) atoms. The Morgan fingerprint density at radius 2 is 2.03 bits per heavy atom. The molecule has 0 N–H and O–H groups in total. The minimum absolute atomic E-state index is 0.0265. The number of piperidine rings is 1. The molecule has 1 aromatic carbocycles. The molecule has 1 fully saturated rings. The average molecular weight is 442 g/mol. The molecule has 1 aliphatic rings. The number of amides is 1. The molecule has 0 aliphatic carbocycles. The molecule has 4 rings (SSSR count). The van der Waals surface area contributed by atoms with Crippen molar-refractivity contribution in [2.45, 2.75) is 30.6 Å². The Labute approximate surface area is 180 Å². The molecular formula is C21H23N5O4S. The molecule has 3 aromatic rings. The van der Waals surface area contributed by atoms with E-state index in [1.165, 1.54) is 0 Å². The van der Waals surface area contributed by atoms with Crippen LogP contribution in [0.2, 0.25) is 0 Å². The minimum Gasteiger partial charge on any atom is -0.342 e. The van der Waals surface area contributed by atoms with E-state index in [0.717, 1.165) is 12.8 Å². The maximum absolute atomic E-state index is 12.7. The third-order valence-electron chi connectivity index (χ3n) is 5.28. The van der Waals surface area contributed by atoms with Crippen LogP contribution in [0, 0.1) is 5.92 Å². The number of sulfone groups is 1. The lowest BCUT2D eigenvalue weighted by molar-refractivity contribution is -0.132. The van der Waals surface area contributed by atoms with Gasteiger partial charge in [-0.25, -0.2) is 13.4 Å². The normalized spacial score (nSPS) is 16.9. The molecule has 162 valence electrons. The summed E-state index contributed by atoms with van der Waals surface area (Å²) in [4.78, 5) is 27.2. The molecular weight excluding hydrogens is 418 g/mol. The molecule has 1 saturated heterocycles. The molecule has 0 bridgehead atoms. The fourth-order valence-electron chi connectivity index (χ4n) is 3.69. The Bertz CT molecular complexity index is 1120. The lowest BCUT2D eigenvalue weighted by Gasteiger charge is -2.32. The molecule has 10 heteroatoms. The van der Waals surface area contributed by atoms with E-state index in [9.17, 15) is 13.2 Å². The van der Waals surface area contributed by atoms with E-state index in [4.69, 9.17) is 4.52 Å². The summed E-state index contributed by atoms with van der Waals surface area (Å²) in [6, 6.07) is 8.22. The zero-order chi connectivity index (χ0) is 21.7. The molecule has 1 aliphatic heterocycles. The van der Waals surface area contributed by atoms with E-state index < -0.39 is 9.84 Å². The maximum Gasteiger partial charge on any atom is 0.227 e. The largest absolute Gasteiger partial charge is 0.342 e. The molecule has 0 radical (unpaired) electrons. The predicted octanol–water partition coefficient (Wildman–Crippen LogP) is 2.17. The molecule has 1 unspecified atom stereocenters. The van der Waals surface area contributed by atoms with Crippen molar-refractivity contribution in [1.29, 1.82) is 0 Å². The van der Waals surface area contributed by atoms with Crippen molar-refractivity contribution in [1.82, 2.24) is 25.0 Å². The van der Waals surface area contributed by atoms with Gasteiger partial charge in [0.15, 0.2) is 9.84 Å². The fourth-order valence-corrected chi connectivity index (χ4v) is 4.94. The summed E-state index contributed by atoms with van der Waals surface area (Å²) >= 11 is 0. The number of carbonyl (C=O) groups is 1. The van der Waals surface area contributed by atoms with Crippen LogP contribution >= 0.6 is 0 Å². The summed E-state index contributed by atoms with van der Waals surface area (Å²) in [5.41, 5.74) is 0.539. The van der Waals surface area contributed by atoms with Gasteiger partial charge in [0, 0.05) is 38.3 Å². The molecule has 0 saturated carbocycles. The van der Waals surface area contributed by atoms with E-state index >= 15 is 0 Å². The molecule has 1 amide bonds. The van der Waals surface area contributed by atoms with Gasteiger partial charge in [0.1, 0.15) is 5.69 Å². The van der Waals surface area contributed by atoms with Gasteiger partial charge in [0.2, 0.25) is 17.6 Å². The van der Waals surface area contributed by atoms with Crippen LogP contribution in [0.4, 0.5) is 0 Å². The SMILES string of the molecule is O=C(CCS(=O)(=O)c1ccccc1)N1CCCC(Cc2nc(-c3cnccn3)no2)C1. The molecule has 2 aromatic heterocycles. The first-order valence-electron chi connectivity index (χ1n) is 10.2. The van der Waals surface area contributed by atoms with E-state index in [1.54, 1.807) is 53.8 Å². The fraction of sp³-hybridized carbons (Fsp3) is 0.381. The number of likely N-dealkylation sites (tertiary alicyclic amines) is 1. The molecule has 1 atom stereocenters. The quantitative estimate of drug-likeness (QED) is 0.547. The van der Waals surface area contributed by atoms with Gasteiger partial charge in [-0.3, -0.25) is 9.78 Å². The van der Waals surface area contributed by atoms with Crippen molar-refractivity contribution in [3.8, 4) is 11.5 Å². The van der Waals surface area contributed by atoms with Gasteiger partial charge in [-0.15, -0.1) is 0 Å².